The van der Waals surface area contributed by atoms with Crippen LogP contribution < -0.4 is 0 Å². The molecular weight excluding hydrogens is 911 g/mol. The van der Waals surface area contributed by atoms with E-state index in [4.69, 9.17) is 9.97 Å². The molecule has 11 aromatic carbocycles. The van der Waals surface area contributed by atoms with E-state index in [-0.39, 0.29) is 0 Å². The summed E-state index contributed by atoms with van der Waals surface area (Å²) in [6, 6.07) is 98.4. The van der Waals surface area contributed by atoms with Crippen molar-refractivity contribution in [2.45, 2.75) is 0 Å². The molecule has 0 unspecified atom stereocenters. The Morgan fingerprint density at radius 3 is 0.987 bits per heavy atom. The molecule has 0 N–H and O–H groups in total. The Morgan fingerprint density at radius 1 is 0.200 bits per heavy atom. The van der Waals surface area contributed by atoms with Crippen molar-refractivity contribution < 1.29 is 0 Å². The van der Waals surface area contributed by atoms with Crippen molar-refractivity contribution in [1.29, 1.82) is 0 Å². The summed E-state index contributed by atoms with van der Waals surface area (Å²) < 4.78 is 7.25. The number of benzene rings is 11. The minimum atomic E-state index is 0.690. The molecule has 0 radical (unpaired) electrons. The third-order valence-corrected chi connectivity index (χ3v) is 15.0. The molecule has 15 rings (SSSR count). The van der Waals surface area contributed by atoms with Gasteiger partial charge in [-0.2, -0.15) is 0 Å². The van der Waals surface area contributed by atoms with Gasteiger partial charge < -0.3 is 13.7 Å². The van der Waals surface area contributed by atoms with E-state index in [0.29, 0.717) is 5.82 Å². The topological polar surface area (TPSA) is 40.6 Å². The lowest BCUT2D eigenvalue weighted by atomic mass is 10.00. The lowest BCUT2D eigenvalue weighted by Crippen LogP contribution is -1.98. The first-order valence-corrected chi connectivity index (χ1v) is 25.6. The molecular formula is C70H45N5. The predicted octanol–water partition coefficient (Wildman–Crippen LogP) is 18.1. The molecule has 4 aromatic heterocycles. The zero-order valence-electron chi connectivity index (χ0n) is 40.7. The first-order chi connectivity index (χ1) is 37.2. The van der Waals surface area contributed by atoms with Crippen molar-refractivity contribution in [3.8, 4) is 73.2 Å². The maximum atomic E-state index is 5.27. The van der Waals surface area contributed by atoms with E-state index in [1.807, 2.05) is 24.3 Å². The Balaban J connectivity index is 0.947. The monoisotopic (exact) mass is 955 g/mol. The Bertz CT molecular complexity index is 4410. The fourth-order valence-electron chi connectivity index (χ4n) is 11.5. The molecule has 0 bridgehead atoms. The van der Waals surface area contributed by atoms with E-state index >= 15 is 0 Å². The molecule has 5 heteroatoms. The highest BCUT2D eigenvalue weighted by Crippen LogP contribution is 2.42. The summed E-state index contributed by atoms with van der Waals surface area (Å²) in [5.74, 6) is 0.690. The van der Waals surface area contributed by atoms with Gasteiger partial charge in [-0.05, 0) is 101 Å². The van der Waals surface area contributed by atoms with Crippen molar-refractivity contribution in [2.75, 3.05) is 0 Å². The number of aromatic nitrogens is 5. The second-order valence-corrected chi connectivity index (χ2v) is 19.4. The molecule has 15 aromatic rings. The molecule has 0 saturated heterocycles. The van der Waals surface area contributed by atoms with E-state index in [2.05, 4.69) is 262 Å². The number of rotatable bonds is 8. The quantitative estimate of drug-likeness (QED) is 0.152. The van der Waals surface area contributed by atoms with Crippen LogP contribution in [0.4, 0.5) is 0 Å². The van der Waals surface area contributed by atoms with E-state index in [9.17, 15) is 0 Å². The number of fused-ring (bicyclic) bond motifs is 9. The highest BCUT2D eigenvalue weighted by Gasteiger charge is 2.20. The van der Waals surface area contributed by atoms with Crippen LogP contribution in [0.1, 0.15) is 0 Å². The number of para-hydroxylation sites is 4. The van der Waals surface area contributed by atoms with Crippen molar-refractivity contribution in [1.82, 2.24) is 23.7 Å². The summed E-state index contributed by atoms with van der Waals surface area (Å²) in [6.45, 7) is 0. The number of hydrogen-bond acceptors (Lipinski definition) is 2. The maximum Gasteiger partial charge on any atom is 0.160 e. The molecule has 0 atom stereocenters. The Kier molecular flexibility index (Phi) is 9.82. The van der Waals surface area contributed by atoms with Crippen molar-refractivity contribution in [3.05, 3.63) is 273 Å². The molecule has 0 amide bonds. The van der Waals surface area contributed by atoms with E-state index < -0.39 is 0 Å². The third-order valence-electron chi connectivity index (χ3n) is 15.0. The SMILES string of the molecule is c1ccc(-c2cc(-c3cccc(-n4c5cc(-c6ccc7c8ccccc8n(-c8ccccc8)c7c6)ccc5c5ccc(-c6ccc7c8ccccc8n(-c8ccccc8)c7c6)cc54)c3)nc(-c3ccccc3)n2)cc1. The molecule has 0 fully saturated rings. The summed E-state index contributed by atoms with van der Waals surface area (Å²) in [7, 11) is 0. The minimum Gasteiger partial charge on any atom is -0.309 e. The highest BCUT2D eigenvalue weighted by atomic mass is 15.0. The maximum absolute atomic E-state index is 5.27. The van der Waals surface area contributed by atoms with Gasteiger partial charge in [-0.25, -0.2) is 9.97 Å². The van der Waals surface area contributed by atoms with Crippen LogP contribution in [-0.4, -0.2) is 23.7 Å². The molecule has 350 valence electrons. The van der Waals surface area contributed by atoms with E-state index in [1.54, 1.807) is 0 Å². The Labute approximate surface area is 433 Å². The van der Waals surface area contributed by atoms with Crippen molar-refractivity contribution in [3.63, 3.8) is 0 Å². The Hall–Kier alpha value is -10.1. The minimum absolute atomic E-state index is 0.690. The van der Waals surface area contributed by atoms with Gasteiger partial charge in [0.15, 0.2) is 5.82 Å². The molecule has 0 aliphatic rings. The molecule has 0 aliphatic carbocycles. The predicted molar refractivity (Wildman–Crippen MR) is 312 cm³/mol. The average Bonchev–Trinajstić information content (AvgIpc) is 4.13. The second kappa shape index (κ2) is 17.3. The van der Waals surface area contributed by atoms with Crippen LogP contribution in [0.5, 0.6) is 0 Å². The lowest BCUT2D eigenvalue weighted by Gasteiger charge is -2.13. The molecule has 4 heterocycles. The van der Waals surface area contributed by atoms with E-state index in [1.165, 1.54) is 54.4 Å². The van der Waals surface area contributed by atoms with Crippen LogP contribution in [0.3, 0.4) is 0 Å². The fraction of sp³-hybridized carbons (Fsp3) is 0. The standard InChI is InChI=1S/C70H45N5/c1-5-18-46(19-6-1)62-45-63(72-70(71-62)47-20-7-2-8-21-47)52-22-17-27-55(40-52)75-68-43-50(48-32-36-58-56-28-13-15-30-64(56)73(66(58)41-48)53-23-9-3-10-24-53)34-38-60(68)61-39-35-51(44-69(61)75)49-33-37-59-57-29-14-16-31-65(57)74(67(59)42-49)54-25-11-4-12-26-54/h1-45H. The number of hydrogen-bond donors (Lipinski definition) is 0. The van der Waals surface area contributed by atoms with Gasteiger partial charge in [-0.1, -0.05) is 194 Å². The summed E-state index contributed by atoms with van der Waals surface area (Å²) in [4.78, 5) is 10.4. The van der Waals surface area contributed by atoms with Gasteiger partial charge in [-0.15, -0.1) is 0 Å². The first-order valence-electron chi connectivity index (χ1n) is 25.6. The zero-order chi connectivity index (χ0) is 49.4. The van der Waals surface area contributed by atoms with Gasteiger partial charge in [-0.3, -0.25) is 0 Å². The van der Waals surface area contributed by atoms with Gasteiger partial charge in [0, 0.05) is 66.1 Å². The molecule has 0 saturated carbocycles. The van der Waals surface area contributed by atoms with Gasteiger partial charge >= 0.3 is 0 Å². The van der Waals surface area contributed by atoms with Crippen molar-refractivity contribution >= 4 is 65.4 Å². The van der Waals surface area contributed by atoms with Gasteiger partial charge in [0.2, 0.25) is 0 Å². The normalized spacial score (nSPS) is 11.7. The second-order valence-electron chi connectivity index (χ2n) is 19.4. The first kappa shape index (κ1) is 42.6. The van der Waals surface area contributed by atoms with Crippen LogP contribution in [0.25, 0.3) is 139 Å². The fourth-order valence-corrected chi connectivity index (χ4v) is 11.5. The van der Waals surface area contributed by atoms with Crippen LogP contribution >= 0.6 is 0 Å². The largest absolute Gasteiger partial charge is 0.309 e. The number of nitrogens with zero attached hydrogens (tertiary/aromatic N) is 5. The molecule has 75 heavy (non-hydrogen) atoms. The Morgan fingerprint density at radius 2 is 0.533 bits per heavy atom. The van der Waals surface area contributed by atoms with Crippen LogP contribution in [-0.2, 0) is 0 Å². The summed E-state index contributed by atoms with van der Waals surface area (Å²) >= 11 is 0. The van der Waals surface area contributed by atoms with Crippen LogP contribution in [0.2, 0.25) is 0 Å². The molecule has 0 aliphatic heterocycles. The summed E-state index contributed by atoms with van der Waals surface area (Å²) in [5.41, 5.74) is 19.7. The van der Waals surface area contributed by atoms with E-state index in [0.717, 1.165) is 78.4 Å². The summed E-state index contributed by atoms with van der Waals surface area (Å²) in [6.07, 6.45) is 0. The summed E-state index contributed by atoms with van der Waals surface area (Å²) in [5, 5.41) is 7.32. The van der Waals surface area contributed by atoms with Crippen LogP contribution in [0.15, 0.2) is 273 Å². The third kappa shape index (κ3) is 7.08. The lowest BCUT2D eigenvalue weighted by molar-refractivity contribution is 1.16. The van der Waals surface area contributed by atoms with Gasteiger partial charge in [0.25, 0.3) is 0 Å². The average molecular weight is 956 g/mol. The molecule has 5 nitrogen and oxygen atoms in total. The van der Waals surface area contributed by atoms with Crippen molar-refractivity contribution in [2.24, 2.45) is 0 Å². The van der Waals surface area contributed by atoms with Crippen LogP contribution in [0, 0.1) is 0 Å². The van der Waals surface area contributed by atoms with Gasteiger partial charge in [0.1, 0.15) is 0 Å². The van der Waals surface area contributed by atoms with Gasteiger partial charge in [0.05, 0.1) is 44.5 Å². The smallest absolute Gasteiger partial charge is 0.160 e. The highest BCUT2D eigenvalue weighted by molar-refractivity contribution is 6.14. The molecule has 0 spiro atoms. The zero-order valence-corrected chi connectivity index (χ0v) is 40.7.